The van der Waals surface area contributed by atoms with Gasteiger partial charge in [0.1, 0.15) is 0 Å². The van der Waals surface area contributed by atoms with Gasteiger partial charge in [-0.2, -0.15) is 0 Å². The normalized spacial score (nSPS) is 20.1. The van der Waals surface area contributed by atoms with Crippen molar-refractivity contribution in [2.45, 2.75) is 12.3 Å². The average molecular weight is 240 g/mol. The topological polar surface area (TPSA) is 26.0 Å². The van der Waals surface area contributed by atoms with Gasteiger partial charge in [0.25, 0.3) is 0 Å². The second kappa shape index (κ2) is 4.30. The average Bonchev–Trinajstić information content (AvgIpc) is 2.22. The lowest BCUT2D eigenvalue weighted by atomic mass is 9.92. The molecule has 1 aliphatic rings. The molecule has 0 aromatic heterocycles. The van der Waals surface area contributed by atoms with Crippen molar-refractivity contribution in [2.75, 3.05) is 0 Å². The Hall–Kier alpha value is -0.920. The summed E-state index contributed by atoms with van der Waals surface area (Å²) in [7, 11) is 0. The summed E-state index contributed by atoms with van der Waals surface area (Å²) in [5.41, 5.74) is 7.70. The summed E-state index contributed by atoms with van der Waals surface area (Å²) in [5, 5.41) is 1.18. The van der Waals surface area contributed by atoms with Crippen LogP contribution in [0.15, 0.2) is 42.1 Å². The van der Waals surface area contributed by atoms with Crippen molar-refractivity contribution in [3.63, 3.8) is 0 Å². The van der Waals surface area contributed by atoms with Gasteiger partial charge in [-0.1, -0.05) is 41.4 Å². The molecule has 0 saturated carbocycles. The van der Waals surface area contributed by atoms with E-state index in [-0.39, 0.29) is 0 Å². The van der Waals surface area contributed by atoms with E-state index in [1.54, 1.807) is 0 Å². The standard InChI is InChI=1S/C12H11Cl2N/c13-11-5-4-9(7-12(11)14)8-2-1-3-10(15)6-8/h1,3-8H,2,15H2. The highest BCUT2D eigenvalue weighted by atomic mass is 35.5. The quantitative estimate of drug-likeness (QED) is 0.791. The van der Waals surface area contributed by atoms with Crippen molar-refractivity contribution < 1.29 is 0 Å². The maximum Gasteiger partial charge on any atom is 0.0595 e. The molecule has 78 valence electrons. The van der Waals surface area contributed by atoms with Gasteiger partial charge in [0.2, 0.25) is 0 Å². The predicted octanol–water partition coefficient (Wildman–Crippen LogP) is 3.88. The van der Waals surface area contributed by atoms with Gasteiger partial charge in [0.15, 0.2) is 0 Å². The molecule has 0 heterocycles. The molecule has 15 heavy (non-hydrogen) atoms. The Morgan fingerprint density at radius 2 is 2.00 bits per heavy atom. The van der Waals surface area contributed by atoms with Gasteiger partial charge in [0, 0.05) is 11.6 Å². The summed E-state index contributed by atoms with van der Waals surface area (Å²) in [6, 6.07) is 5.71. The van der Waals surface area contributed by atoms with E-state index in [1.165, 1.54) is 0 Å². The second-order valence-corrected chi connectivity index (χ2v) is 4.40. The molecule has 0 fully saturated rings. The summed E-state index contributed by atoms with van der Waals surface area (Å²) in [5.74, 6) is 0.310. The zero-order valence-corrected chi connectivity index (χ0v) is 9.59. The van der Waals surface area contributed by atoms with Crippen molar-refractivity contribution in [2.24, 2.45) is 5.73 Å². The smallest absolute Gasteiger partial charge is 0.0595 e. The number of hydrogen-bond acceptors (Lipinski definition) is 1. The van der Waals surface area contributed by atoms with Crippen LogP contribution in [0.2, 0.25) is 10.0 Å². The minimum Gasteiger partial charge on any atom is -0.399 e. The monoisotopic (exact) mass is 239 g/mol. The van der Waals surface area contributed by atoms with Crippen LogP contribution in [0.1, 0.15) is 17.9 Å². The van der Waals surface area contributed by atoms with E-state index in [1.807, 2.05) is 30.4 Å². The molecule has 0 amide bonds. The van der Waals surface area contributed by atoms with E-state index in [4.69, 9.17) is 28.9 Å². The van der Waals surface area contributed by atoms with E-state index in [9.17, 15) is 0 Å². The molecule has 0 saturated heterocycles. The van der Waals surface area contributed by atoms with Crippen molar-refractivity contribution >= 4 is 23.2 Å². The van der Waals surface area contributed by atoms with Gasteiger partial charge in [-0.25, -0.2) is 0 Å². The molecule has 0 radical (unpaired) electrons. The summed E-state index contributed by atoms with van der Waals surface area (Å²) in [4.78, 5) is 0. The first-order valence-electron chi connectivity index (χ1n) is 4.75. The van der Waals surface area contributed by atoms with Gasteiger partial charge < -0.3 is 5.73 Å². The molecule has 2 rings (SSSR count). The highest BCUT2D eigenvalue weighted by Crippen LogP contribution is 2.30. The summed E-state index contributed by atoms with van der Waals surface area (Å²) < 4.78 is 0. The van der Waals surface area contributed by atoms with Crippen LogP contribution in [0.5, 0.6) is 0 Å². The summed E-state index contributed by atoms with van der Waals surface area (Å²) >= 11 is 11.8. The van der Waals surface area contributed by atoms with Crippen LogP contribution in [0, 0.1) is 0 Å². The molecule has 0 aliphatic heterocycles. The molecule has 1 nitrogen and oxygen atoms in total. The Balaban J connectivity index is 2.31. The Morgan fingerprint density at radius 3 is 2.67 bits per heavy atom. The number of nitrogens with two attached hydrogens (primary N) is 1. The van der Waals surface area contributed by atoms with E-state index in [2.05, 4.69) is 6.08 Å². The highest BCUT2D eigenvalue weighted by molar-refractivity contribution is 6.42. The third kappa shape index (κ3) is 2.36. The van der Waals surface area contributed by atoms with Crippen molar-refractivity contribution in [1.82, 2.24) is 0 Å². The first kappa shape index (κ1) is 10.6. The largest absolute Gasteiger partial charge is 0.399 e. The number of rotatable bonds is 1. The summed E-state index contributed by atoms with van der Waals surface area (Å²) in [6.45, 7) is 0. The molecule has 1 aliphatic carbocycles. The van der Waals surface area contributed by atoms with Crippen LogP contribution >= 0.6 is 23.2 Å². The van der Waals surface area contributed by atoms with Gasteiger partial charge >= 0.3 is 0 Å². The Labute approximate surface area is 99.2 Å². The van der Waals surface area contributed by atoms with Crippen molar-refractivity contribution in [1.29, 1.82) is 0 Å². The SMILES string of the molecule is NC1=CC(c2ccc(Cl)c(Cl)c2)CC=C1. The first-order chi connectivity index (χ1) is 7.16. The Morgan fingerprint density at radius 1 is 1.20 bits per heavy atom. The Kier molecular flexibility index (Phi) is 3.03. The number of hydrogen-bond donors (Lipinski definition) is 1. The highest BCUT2D eigenvalue weighted by Gasteiger charge is 2.11. The zero-order chi connectivity index (χ0) is 10.8. The lowest BCUT2D eigenvalue weighted by Crippen LogP contribution is -2.04. The second-order valence-electron chi connectivity index (χ2n) is 3.58. The summed E-state index contributed by atoms with van der Waals surface area (Å²) in [6.07, 6.45) is 6.99. The van der Waals surface area contributed by atoms with Crippen LogP contribution < -0.4 is 5.73 Å². The zero-order valence-electron chi connectivity index (χ0n) is 8.08. The maximum atomic E-state index is 5.97. The van der Waals surface area contributed by atoms with Gasteiger partial charge in [-0.05, 0) is 30.2 Å². The molecule has 1 atom stereocenters. The first-order valence-corrected chi connectivity index (χ1v) is 5.51. The van der Waals surface area contributed by atoms with E-state index in [0.29, 0.717) is 16.0 Å². The van der Waals surface area contributed by atoms with Crippen molar-refractivity contribution in [3.8, 4) is 0 Å². The van der Waals surface area contributed by atoms with E-state index >= 15 is 0 Å². The van der Waals surface area contributed by atoms with Crippen LogP contribution in [-0.4, -0.2) is 0 Å². The minimum absolute atomic E-state index is 0.310. The predicted molar refractivity (Wildman–Crippen MR) is 65.2 cm³/mol. The van der Waals surface area contributed by atoms with Gasteiger partial charge in [-0.15, -0.1) is 0 Å². The molecular formula is C12H11Cl2N. The molecule has 1 aromatic rings. The van der Waals surface area contributed by atoms with E-state index in [0.717, 1.165) is 17.7 Å². The van der Waals surface area contributed by atoms with Crippen LogP contribution in [-0.2, 0) is 0 Å². The lowest BCUT2D eigenvalue weighted by molar-refractivity contribution is 0.841. The number of allylic oxidation sites excluding steroid dienone is 3. The van der Waals surface area contributed by atoms with Gasteiger partial charge in [0.05, 0.1) is 10.0 Å². The minimum atomic E-state index is 0.310. The fraction of sp³-hybridized carbons (Fsp3) is 0.167. The van der Waals surface area contributed by atoms with Crippen LogP contribution in [0.4, 0.5) is 0 Å². The third-order valence-corrected chi connectivity index (χ3v) is 3.20. The number of benzene rings is 1. The van der Waals surface area contributed by atoms with E-state index < -0.39 is 0 Å². The lowest BCUT2D eigenvalue weighted by Gasteiger charge is -2.15. The molecule has 3 heteroatoms. The fourth-order valence-corrected chi connectivity index (χ4v) is 1.99. The number of halogens is 2. The molecular weight excluding hydrogens is 229 g/mol. The molecule has 0 spiro atoms. The molecule has 0 bridgehead atoms. The Bertz CT molecular complexity index is 435. The van der Waals surface area contributed by atoms with Crippen LogP contribution in [0.25, 0.3) is 0 Å². The maximum absolute atomic E-state index is 5.97. The molecule has 2 N–H and O–H groups in total. The van der Waals surface area contributed by atoms with Gasteiger partial charge in [-0.3, -0.25) is 0 Å². The third-order valence-electron chi connectivity index (χ3n) is 2.47. The molecule has 1 aromatic carbocycles. The van der Waals surface area contributed by atoms with Crippen LogP contribution in [0.3, 0.4) is 0 Å². The molecule has 1 unspecified atom stereocenters. The fourth-order valence-electron chi connectivity index (χ4n) is 1.68. The van der Waals surface area contributed by atoms with Crippen molar-refractivity contribution in [3.05, 3.63) is 57.7 Å².